The zero-order valence-electron chi connectivity index (χ0n) is 35.5. The van der Waals surface area contributed by atoms with Crippen LogP contribution in [0.15, 0.2) is 48.5 Å². The molecule has 0 unspecified atom stereocenters. The van der Waals surface area contributed by atoms with Crippen molar-refractivity contribution in [3.8, 4) is 22.9 Å². The number of aryl methyl sites for hydroxylation is 2. The van der Waals surface area contributed by atoms with E-state index in [-0.39, 0.29) is 23.4 Å². The van der Waals surface area contributed by atoms with Gasteiger partial charge in [-0.2, -0.15) is 0 Å². The number of aromatic nitrogens is 2. The molecule has 0 amide bonds. The van der Waals surface area contributed by atoms with E-state index in [1.807, 2.05) is 36.4 Å². The molecule has 0 saturated heterocycles. The Kier molecular flexibility index (Phi) is 14.7. The minimum atomic E-state index is -1.45. The molecule has 0 spiro atoms. The molecule has 2 aromatic heterocycles. The van der Waals surface area contributed by atoms with Crippen molar-refractivity contribution in [2.24, 2.45) is 11.8 Å². The number of methoxy groups -OCH3 is 2. The van der Waals surface area contributed by atoms with Gasteiger partial charge in [0.1, 0.15) is 27.5 Å². The van der Waals surface area contributed by atoms with Crippen LogP contribution in [0.3, 0.4) is 0 Å². The Morgan fingerprint density at radius 2 is 0.946 bits per heavy atom. The van der Waals surface area contributed by atoms with Gasteiger partial charge in [0.15, 0.2) is 11.6 Å². The number of Topliss-reactive ketones (excluding diaryl/α,β-unsaturated/α-hetero) is 2. The number of hydrogen-bond donors (Lipinski definition) is 0. The number of hydrogen-bond acceptors (Lipinski definition) is 6. The van der Waals surface area contributed by atoms with E-state index in [0.29, 0.717) is 12.2 Å². The van der Waals surface area contributed by atoms with Gasteiger partial charge < -0.3 is 9.47 Å². The summed E-state index contributed by atoms with van der Waals surface area (Å²) >= 11 is 0. The van der Waals surface area contributed by atoms with Gasteiger partial charge in [0, 0.05) is 48.0 Å². The van der Waals surface area contributed by atoms with Crippen LogP contribution in [0, 0.1) is 34.8 Å². The summed E-state index contributed by atoms with van der Waals surface area (Å²) in [6.07, 6.45) is 9.96. The zero-order valence-corrected chi connectivity index (χ0v) is 37.5. The average molecular weight is 787 g/mol. The molecule has 6 rings (SSSR count). The van der Waals surface area contributed by atoms with Crippen molar-refractivity contribution in [2.75, 3.05) is 14.2 Å². The topological polar surface area (TPSA) is 78.4 Å². The third-order valence-electron chi connectivity index (χ3n) is 11.0. The Morgan fingerprint density at radius 1 is 0.589 bits per heavy atom. The van der Waals surface area contributed by atoms with Gasteiger partial charge in [-0.25, -0.2) is 9.97 Å². The summed E-state index contributed by atoms with van der Waals surface area (Å²) in [5.74, 6) is 7.39. The molecule has 6 nitrogen and oxygen atoms in total. The normalized spacial score (nSPS) is 19.9. The van der Waals surface area contributed by atoms with Gasteiger partial charge in [0.05, 0.1) is 23.2 Å². The van der Waals surface area contributed by atoms with Crippen LogP contribution in [0.4, 0.5) is 0 Å². The smallest absolute Gasteiger partial charge is 0.165 e. The summed E-state index contributed by atoms with van der Waals surface area (Å²) in [5, 5.41) is 2.07. The van der Waals surface area contributed by atoms with E-state index in [4.69, 9.17) is 19.4 Å². The van der Waals surface area contributed by atoms with Gasteiger partial charge in [-0.1, -0.05) is 65.0 Å². The first kappa shape index (κ1) is 43.2. The van der Waals surface area contributed by atoms with Crippen molar-refractivity contribution in [3.63, 3.8) is 0 Å². The van der Waals surface area contributed by atoms with Crippen LogP contribution in [0.5, 0.6) is 0 Å². The van der Waals surface area contributed by atoms with Crippen LogP contribution in [-0.2, 0) is 22.3 Å². The zero-order chi connectivity index (χ0) is 40.6. The van der Waals surface area contributed by atoms with Gasteiger partial charge >= 0.3 is 0 Å². The number of rotatable bonds is 8. The summed E-state index contributed by atoms with van der Waals surface area (Å²) in [7, 11) is 0.624. The van der Waals surface area contributed by atoms with Crippen molar-refractivity contribution in [2.45, 2.75) is 130 Å². The fraction of sp³-hybridized carbons (Fsp3) is 0.500. The highest BCUT2D eigenvalue weighted by Crippen LogP contribution is 2.31. The SMILES string of the molecule is CCc1cc2cc(C(=O)C3CCC(OC)CC3)ccc2nc1C#C[Si](C)(C)C.CCc1cc2cc(C(=O)C3CCC(OC)CC3)ccc2nc1C#C[Si](C)(C)C. The predicted molar refractivity (Wildman–Crippen MR) is 237 cm³/mol. The summed E-state index contributed by atoms with van der Waals surface area (Å²) < 4.78 is 10.9. The Hall–Kier alpha value is -3.93. The second kappa shape index (κ2) is 19.0. The molecular formula is C48H62N2O4Si2. The van der Waals surface area contributed by atoms with Crippen molar-refractivity contribution in [1.29, 1.82) is 0 Å². The molecule has 0 atom stereocenters. The molecule has 56 heavy (non-hydrogen) atoms. The highest BCUT2D eigenvalue weighted by Gasteiger charge is 2.28. The molecule has 2 aromatic carbocycles. The molecule has 2 heterocycles. The van der Waals surface area contributed by atoms with Crippen molar-refractivity contribution >= 4 is 49.5 Å². The number of carbonyl (C=O) groups is 2. The number of fused-ring (bicyclic) bond motifs is 2. The number of benzene rings is 2. The van der Waals surface area contributed by atoms with Gasteiger partial charge in [0.25, 0.3) is 0 Å². The molecule has 4 aromatic rings. The van der Waals surface area contributed by atoms with E-state index in [2.05, 4.69) is 88.2 Å². The van der Waals surface area contributed by atoms with Crippen molar-refractivity contribution in [1.82, 2.24) is 9.97 Å². The molecule has 296 valence electrons. The van der Waals surface area contributed by atoms with Gasteiger partial charge in [-0.3, -0.25) is 9.59 Å². The Bertz CT molecular complexity index is 2010. The molecule has 2 saturated carbocycles. The molecular weight excluding hydrogens is 725 g/mol. The fourth-order valence-corrected chi connectivity index (χ4v) is 8.58. The van der Waals surface area contributed by atoms with Crippen LogP contribution >= 0.6 is 0 Å². The first-order chi connectivity index (χ1) is 26.6. The van der Waals surface area contributed by atoms with E-state index in [9.17, 15) is 9.59 Å². The van der Waals surface area contributed by atoms with Crippen molar-refractivity contribution in [3.05, 3.63) is 82.2 Å². The van der Waals surface area contributed by atoms with E-state index in [1.54, 1.807) is 14.2 Å². The monoisotopic (exact) mass is 786 g/mol. The Labute approximate surface area is 338 Å². The quantitative estimate of drug-likeness (QED) is 0.101. The Balaban J connectivity index is 0.000000214. The number of ketones is 2. The highest BCUT2D eigenvalue weighted by atomic mass is 28.3. The number of carbonyl (C=O) groups excluding carboxylic acids is 2. The summed E-state index contributed by atoms with van der Waals surface area (Å²) in [5.41, 5.74) is 14.4. The maximum absolute atomic E-state index is 13.0. The van der Waals surface area contributed by atoms with Crippen molar-refractivity contribution < 1.29 is 19.1 Å². The summed E-state index contributed by atoms with van der Waals surface area (Å²) in [6, 6.07) is 16.2. The third-order valence-corrected chi connectivity index (χ3v) is 12.7. The summed E-state index contributed by atoms with van der Waals surface area (Å²) in [4.78, 5) is 35.6. The maximum atomic E-state index is 13.0. The maximum Gasteiger partial charge on any atom is 0.165 e. The Morgan fingerprint density at radius 3 is 1.25 bits per heavy atom. The average Bonchev–Trinajstić information content (AvgIpc) is 3.20. The largest absolute Gasteiger partial charge is 0.381 e. The second-order valence-corrected chi connectivity index (χ2v) is 27.2. The number of pyridine rings is 2. The minimum absolute atomic E-state index is 0.115. The molecule has 8 heteroatoms. The molecule has 0 aliphatic heterocycles. The molecule has 2 aliphatic carbocycles. The number of ether oxygens (including phenoxy) is 2. The standard InChI is InChI=1S/2C24H31NO2Si/c2*1-6-17-15-20-16-19(24(26)18-7-10-21(27-2)11-8-18)9-12-22(20)25-23(17)13-14-28(3,4)5/h2*9,12,15-16,18,21H,6-8,10-11H2,1-5H3. The molecule has 0 N–H and O–H groups in total. The molecule has 0 radical (unpaired) electrons. The molecule has 2 aliphatic rings. The van der Waals surface area contributed by atoms with E-state index < -0.39 is 16.1 Å². The van der Waals surface area contributed by atoms with Crippen LogP contribution in [-0.4, -0.2) is 64.1 Å². The lowest BCUT2D eigenvalue weighted by molar-refractivity contribution is 0.0515. The predicted octanol–water partition coefficient (Wildman–Crippen LogP) is 10.8. The molecule has 2 fully saturated rings. The van der Waals surface area contributed by atoms with Gasteiger partial charge in [-0.15, -0.1) is 11.1 Å². The van der Waals surface area contributed by atoms with E-state index in [0.717, 1.165) is 120 Å². The second-order valence-electron chi connectivity index (χ2n) is 17.7. The molecule has 0 bridgehead atoms. The highest BCUT2D eigenvalue weighted by molar-refractivity contribution is 6.84. The first-order valence-electron chi connectivity index (χ1n) is 20.7. The van der Waals surface area contributed by atoms with Crippen LogP contribution in [0.1, 0.15) is 108 Å². The fourth-order valence-electron chi connectivity index (χ4n) is 7.59. The van der Waals surface area contributed by atoms with Gasteiger partial charge in [0.2, 0.25) is 0 Å². The first-order valence-corrected chi connectivity index (χ1v) is 27.7. The third kappa shape index (κ3) is 11.6. The lowest BCUT2D eigenvalue weighted by atomic mass is 9.82. The van der Waals surface area contributed by atoms with E-state index >= 15 is 0 Å². The van der Waals surface area contributed by atoms with Crippen LogP contribution < -0.4 is 0 Å². The van der Waals surface area contributed by atoms with Crippen LogP contribution in [0.2, 0.25) is 39.3 Å². The lowest BCUT2D eigenvalue weighted by Crippen LogP contribution is -2.25. The van der Waals surface area contributed by atoms with Crippen LogP contribution in [0.25, 0.3) is 21.8 Å². The van der Waals surface area contributed by atoms with E-state index in [1.165, 1.54) is 0 Å². The lowest BCUT2D eigenvalue weighted by Gasteiger charge is -2.26. The summed E-state index contributed by atoms with van der Waals surface area (Å²) in [6.45, 7) is 17.7. The van der Waals surface area contributed by atoms with Gasteiger partial charge in [-0.05, 0) is 124 Å². The number of nitrogens with zero attached hydrogens (tertiary/aromatic N) is 2. The minimum Gasteiger partial charge on any atom is -0.381 e.